The Kier molecular flexibility index (Phi) is 4.99. The van der Waals surface area contributed by atoms with Crippen LogP contribution in [0.2, 0.25) is 0 Å². The van der Waals surface area contributed by atoms with Crippen LogP contribution in [0.25, 0.3) is 17.1 Å². The molecule has 0 saturated heterocycles. The van der Waals surface area contributed by atoms with E-state index in [2.05, 4.69) is 31.3 Å². The van der Waals surface area contributed by atoms with Gasteiger partial charge >= 0.3 is 0 Å². The number of halogens is 2. The van der Waals surface area contributed by atoms with Crippen LogP contribution < -0.4 is 5.32 Å². The number of rotatable bonds is 4. The van der Waals surface area contributed by atoms with Gasteiger partial charge in [-0.25, -0.2) is 14.1 Å². The number of hydrogen-bond donors (Lipinski definition) is 1. The second-order valence-electron chi connectivity index (χ2n) is 5.97. The van der Waals surface area contributed by atoms with E-state index in [1.807, 2.05) is 54.6 Å². The van der Waals surface area contributed by atoms with Gasteiger partial charge in [0, 0.05) is 15.7 Å². The molecule has 0 saturated carbocycles. The summed E-state index contributed by atoms with van der Waals surface area (Å²) in [6, 6.07) is 22.6. The highest BCUT2D eigenvalue weighted by molar-refractivity contribution is 9.10. The summed E-state index contributed by atoms with van der Waals surface area (Å²) in [6.45, 7) is 0. The molecule has 0 atom stereocenters. The van der Waals surface area contributed by atoms with E-state index in [1.165, 1.54) is 24.3 Å². The van der Waals surface area contributed by atoms with E-state index in [4.69, 9.17) is 0 Å². The minimum Gasteiger partial charge on any atom is -0.319 e. The third kappa shape index (κ3) is 3.84. The Morgan fingerprint density at radius 1 is 0.929 bits per heavy atom. The van der Waals surface area contributed by atoms with Gasteiger partial charge in [-0.15, -0.1) is 5.10 Å². The average molecular weight is 437 g/mol. The number of nitrogens with zero attached hydrogens (tertiary/aromatic N) is 3. The van der Waals surface area contributed by atoms with Gasteiger partial charge in [-0.2, -0.15) is 0 Å². The zero-order chi connectivity index (χ0) is 19.5. The van der Waals surface area contributed by atoms with Crippen LogP contribution in [0.1, 0.15) is 10.6 Å². The number of carbonyl (C=O) groups is 1. The smallest absolute Gasteiger partial charge is 0.295 e. The van der Waals surface area contributed by atoms with Crippen molar-refractivity contribution in [3.05, 3.63) is 95.0 Å². The molecule has 28 heavy (non-hydrogen) atoms. The number of nitrogens with one attached hydrogen (secondary N) is 1. The highest BCUT2D eigenvalue weighted by Crippen LogP contribution is 2.22. The van der Waals surface area contributed by atoms with Crippen molar-refractivity contribution in [3.63, 3.8) is 0 Å². The van der Waals surface area contributed by atoms with Gasteiger partial charge in [0.05, 0.1) is 5.69 Å². The average Bonchev–Trinajstić information content (AvgIpc) is 3.16. The fraction of sp³-hybridized carbons (Fsp3) is 0. The number of benzene rings is 3. The number of hydrogen-bond acceptors (Lipinski definition) is 3. The van der Waals surface area contributed by atoms with Gasteiger partial charge in [0.15, 0.2) is 5.82 Å². The van der Waals surface area contributed by atoms with Crippen molar-refractivity contribution in [2.24, 2.45) is 0 Å². The zero-order valence-corrected chi connectivity index (χ0v) is 16.1. The highest BCUT2D eigenvalue weighted by Gasteiger charge is 2.19. The minimum atomic E-state index is -0.473. The SMILES string of the molecule is O=C(Nc1ccc(F)cc1)c1nc(-c2ccccc2)n(-c2ccc(Br)cc2)n1. The molecule has 0 fully saturated rings. The van der Waals surface area contributed by atoms with Crippen molar-refractivity contribution in [3.8, 4) is 17.1 Å². The molecule has 0 radical (unpaired) electrons. The molecule has 0 spiro atoms. The molecule has 4 aromatic rings. The highest BCUT2D eigenvalue weighted by atomic mass is 79.9. The lowest BCUT2D eigenvalue weighted by atomic mass is 10.2. The molecular formula is C21H14BrFN4O. The summed E-state index contributed by atoms with van der Waals surface area (Å²) in [4.78, 5) is 17.1. The van der Waals surface area contributed by atoms with Crippen LogP contribution in [0, 0.1) is 5.82 Å². The van der Waals surface area contributed by atoms with Gasteiger partial charge in [0.1, 0.15) is 5.82 Å². The number of carbonyl (C=O) groups excluding carboxylic acids is 1. The predicted octanol–water partition coefficient (Wildman–Crippen LogP) is 5.09. The maximum Gasteiger partial charge on any atom is 0.295 e. The molecule has 0 aliphatic heterocycles. The minimum absolute atomic E-state index is 0.0195. The van der Waals surface area contributed by atoms with Crippen LogP contribution in [-0.4, -0.2) is 20.7 Å². The maximum atomic E-state index is 13.1. The third-order valence-corrected chi connectivity index (χ3v) is 4.54. The Morgan fingerprint density at radius 3 is 2.29 bits per heavy atom. The first-order valence-corrected chi connectivity index (χ1v) is 9.25. The molecule has 0 bridgehead atoms. The van der Waals surface area contributed by atoms with Crippen LogP contribution in [0.15, 0.2) is 83.3 Å². The fourth-order valence-electron chi connectivity index (χ4n) is 2.66. The van der Waals surface area contributed by atoms with Crippen LogP contribution in [0.5, 0.6) is 0 Å². The first kappa shape index (κ1) is 18.1. The van der Waals surface area contributed by atoms with Crippen molar-refractivity contribution in [1.82, 2.24) is 14.8 Å². The third-order valence-electron chi connectivity index (χ3n) is 4.02. The normalized spacial score (nSPS) is 10.6. The second kappa shape index (κ2) is 7.74. The van der Waals surface area contributed by atoms with E-state index in [0.29, 0.717) is 11.5 Å². The molecule has 1 aromatic heterocycles. The van der Waals surface area contributed by atoms with Crippen LogP contribution in [0.3, 0.4) is 0 Å². The van der Waals surface area contributed by atoms with Crippen molar-refractivity contribution >= 4 is 27.5 Å². The lowest BCUT2D eigenvalue weighted by molar-refractivity contribution is 0.101. The lowest BCUT2D eigenvalue weighted by Gasteiger charge is -2.05. The first-order chi connectivity index (χ1) is 13.6. The molecule has 0 unspecified atom stereocenters. The van der Waals surface area contributed by atoms with Gasteiger partial charge < -0.3 is 5.32 Å². The molecule has 1 amide bonds. The Labute approximate surface area is 169 Å². The summed E-state index contributed by atoms with van der Waals surface area (Å²) >= 11 is 3.42. The molecule has 1 N–H and O–H groups in total. The molecule has 5 nitrogen and oxygen atoms in total. The summed E-state index contributed by atoms with van der Waals surface area (Å²) in [5.41, 5.74) is 2.07. The summed E-state index contributed by atoms with van der Waals surface area (Å²) in [5.74, 6) is -0.278. The van der Waals surface area contributed by atoms with E-state index in [0.717, 1.165) is 15.7 Å². The molecule has 1 heterocycles. The zero-order valence-electron chi connectivity index (χ0n) is 14.5. The van der Waals surface area contributed by atoms with Gasteiger partial charge in [-0.3, -0.25) is 4.79 Å². The summed E-state index contributed by atoms with van der Waals surface area (Å²) in [6.07, 6.45) is 0. The van der Waals surface area contributed by atoms with Gasteiger partial charge in [0.2, 0.25) is 5.82 Å². The van der Waals surface area contributed by atoms with E-state index in [-0.39, 0.29) is 11.6 Å². The van der Waals surface area contributed by atoms with Crippen LogP contribution in [-0.2, 0) is 0 Å². The van der Waals surface area contributed by atoms with E-state index < -0.39 is 5.91 Å². The molecule has 3 aromatic carbocycles. The number of anilines is 1. The van der Waals surface area contributed by atoms with Gasteiger partial charge in [0.25, 0.3) is 5.91 Å². The molecule has 7 heteroatoms. The Hall–Kier alpha value is -3.32. The largest absolute Gasteiger partial charge is 0.319 e. The van der Waals surface area contributed by atoms with Gasteiger partial charge in [-0.1, -0.05) is 46.3 Å². The monoisotopic (exact) mass is 436 g/mol. The van der Waals surface area contributed by atoms with Crippen molar-refractivity contribution in [2.45, 2.75) is 0 Å². The van der Waals surface area contributed by atoms with Gasteiger partial charge in [-0.05, 0) is 48.5 Å². The number of amides is 1. The first-order valence-electron chi connectivity index (χ1n) is 8.45. The molecule has 138 valence electrons. The standard InChI is InChI=1S/C21H14BrFN4O/c22-15-6-12-18(13-7-15)27-20(14-4-2-1-3-5-14)25-19(26-27)21(28)24-17-10-8-16(23)9-11-17/h1-13H,(H,24,28). The molecule has 0 aliphatic carbocycles. The fourth-order valence-corrected chi connectivity index (χ4v) is 2.93. The van der Waals surface area contributed by atoms with E-state index in [9.17, 15) is 9.18 Å². The second-order valence-corrected chi connectivity index (χ2v) is 6.89. The topological polar surface area (TPSA) is 59.8 Å². The Balaban J connectivity index is 1.73. The Bertz CT molecular complexity index is 1110. The summed E-state index contributed by atoms with van der Waals surface area (Å²) < 4.78 is 15.6. The maximum absolute atomic E-state index is 13.1. The predicted molar refractivity (Wildman–Crippen MR) is 109 cm³/mol. The Morgan fingerprint density at radius 2 is 1.61 bits per heavy atom. The van der Waals surface area contributed by atoms with E-state index >= 15 is 0 Å². The van der Waals surface area contributed by atoms with E-state index in [1.54, 1.807) is 4.68 Å². The quantitative estimate of drug-likeness (QED) is 0.484. The van der Waals surface area contributed by atoms with Crippen LogP contribution >= 0.6 is 15.9 Å². The molecule has 4 rings (SSSR count). The summed E-state index contributed by atoms with van der Waals surface area (Å²) in [5, 5.41) is 7.09. The lowest BCUT2D eigenvalue weighted by Crippen LogP contribution is -2.14. The van der Waals surface area contributed by atoms with Crippen molar-refractivity contribution in [1.29, 1.82) is 0 Å². The van der Waals surface area contributed by atoms with Crippen LogP contribution in [0.4, 0.5) is 10.1 Å². The van der Waals surface area contributed by atoms with Crippen molar-refractivity contribution < 1.29 is 9.18 Å². The van der Waals surface area contributed by atoms with Crippen molar-refractivity contribution in [2.75, 3.05) is 5.32 Å². The molecule has 0 aliphatic rings. The number of aromatic nitrogens is 3. The summed E-state index contributed by atoms with van der Waals surface area (Å²) in [7, 11) is 0. The molecular weight excluding hydrogens is 423 g/mol.